The molecule has 0 saturated heterocycles. The second kappa shape index (κ2) is 5.27. The van der Waals surface area contributed by atoms with Crippen molar-refractivity contribution in [1.29, 1.82) is 0 Å². The molecule has 0 unspecified atom stereocenters. The van der Waals surface area contributed by atoms with Gasteiger partial charge in [-0.2, -0.15) is 5.10 Å². The highest BCUT2D eigenvalue weighted by Crippen LogP contribution is 2.27. The van der Waals surface area contributed by atoms with Gasteiger partial charge < -0.3 is 5.11 Å². The molecule has 2 aromatic rings. The van der Waals surface area contributed by atoms with Crippen molar-refractivity contribution >= 4 is 11.6 Å². The summed E-state index contributed by atoms with van der Waals surface area (Å²) in [6, 6.07) is 1.82. The molecule has 0 aliphatic rings. The van der Waals surface area contributed by atoms with Crippen molar-refractivity contribution in [2.45, 2.75) is 40.2 Å². The summed E-state index contributed by atoms with van der Waals surface area (Å²) in [5.41, 5.74) is 2.30. The molecule has 0 radical (unpaired) electrons. The SMILES string of the molecule is Cc1cc(-n2nc(C(C)C)c(CO)c2Cl)nc(C)n1. The maximum absolute atomic E-state index is 9.45. The molecule has 2 heterocycles. The van der Waals surface area contributed by atoms with Crippen molar-refractivity contribution in [2.24, 2.45) is 0 Å². The molecule has 6 heteroatoms. The standard InChI is InChI=1S/C13H17ClN4O/c1-7(2)12-10(6-19)13(14)18(17-12)11-5-8(3)15-9(4)16-11/h5,7,19H,6H2,1-4H3. The number of nitrogens with zero attached hydrogens (tertiary/aromatic N) is 4. The van der Waals surface area contributed by atoms with Gasteiger partial charge in [0.2, 0.25) is 0 Å². The third-order valence-electron chi connectivity index (χ3n) is 2.83. The molecule has 102 valence electrons. The van der Waals surface area contributed by atoms with E-state index in [1.165, 1.54) is 0 Å². The van der Waals surface area contributed by atoms with Crippen LogP contribution in [0.5, 0.6) is 0 Å². The molecule has 1 N–H and O–H groups in total. The number of halogens is 1. The highest BCUT2D eigenvalue weighted by atomic mass is 35.5. The molecule has 19 heavy (non-hydrogen) atoms. The van der Waals surface area contributed by atoms with Crippen molar-refractivity contribution in [3.05, 3.63) is 34.0 Å². The molecule has 0 saturated carbocycles. The van der Waals surface area contributed by atoms with E-state index in [1.54, 1.807) is 4.68 Å². The number of aryl methyl sites for hydroxylation is 2. The van der Waals surface area contributed by atoms with E-state index in [9.17, 15) is 5.11 Å². The summed E-state index contributed by atoms with van der Waals surface area (Å²) in [7, 11) is 0. The maximum Gasteiger partial charge on any atom is 0.159 e. The van der Waals surface area contributed by atoms with E-state index in [2.05, 4.69) is 15.1 Å². The Morgan fingerprint density at radius 2 is 2.00 bits per heavy atom. The van der Waals surface area contributed by atoms with Crippen LogP contribution in [-0.2, 0) is 6.61 Å². The lowest BCUT2D eigenvalue weighted by Gasteiger charge is -2.04. The Morgan fingerprint density at radius 1 is 1.32 bits per heavy atom. The summed E-state index contributed by atoms with van der Waals surface area (Å²) in [5, 5.41) is 14.3. The first-order chi connectivity index (χ1) is 8.93. The molecule has 0 bridgehead atoms. The quantitative estimate of drug-likeness (QED) is 0.938. The summed E-state index contributed by atoms with van der Waals surface area (Å²) in [5.74, 6) is 1.47. The van der Waals surface area contributed by atoms with Gasteiger partial charge >= 0.3 is 0 Å². The summed E-state index contributed by atoms with van der Waals surface area (Å²) in [4.78, 5) is 8.57. The van der Waals surface area contributed by atoms with Crippen LogP contribution in [0.1, 0.15) is 42.5 Å². The number of aliphatic hydroxyl groups excluding tert-OH is 1. The summed E-state index contributed by atoms with van der Waals surface area (Å²) in [6.07, 6.45) is 0. The fourth-order valence-corrected chi connectivity index (χ4v) is 2.29. The number of hydrogen-bond acceptors (Lipinski definition) is 4. The lowest BCUT2D eigenvalue weighted by molar-refractivity contribution is 0.280. The van der Waals surface area contributed by atoms with Crippen LogP contribution in [0.2, 0.25) is 5.15 Å². The summed E-state index contributed by atoms with van der Waals surface area (Å²) >= 11 is 6.29. The van der Waals surface area contributed by atoms with E-state index < -0.39 is 0 Å². The fourth-order valence-electron chi connectivity index (χ4n) is 2.01. The molecule has 0 fully saturated rings. The average molecular weight is 281 g/mol. The van der Waals surface area contributed by atoms with Crippen LogP contribution in [0.4, 0.5) is 0 Å². The minimum Gasteiger partial charge on any atom is -0.391 e. The highest BCUT2D eigenvalue weighted by molar-refractivity contribution is 6.30. The minimum absolute atomic E-state index is 0.130. The number of aliphatic hydroxyl groups is 1. The van der Waals surface area contributed by atoms with Gasteiger partial charge in [-0.15, -0.1) is 0 Å². The van der Waals surface area contributed by atoms with E-state index in [0.717, 1.165) is 11.4 Å². The first-order valence-corrected chi connectivity index (χ1v) is 6.52. The number of rotatable bonds is 3. The third-order valence-corrected chi connectivity index (χ3v) is 3.21. The lowest BCUT2D eigenvalue weighted by atomic mass is 10.1. The predicted molar refractivity (Wildman–Crippen MR) is 73.6 cm³/mol. The smallest absolute Gasteiger partial charge is 0.159 e. The average Bonchev–Trinajstić information content (AvgIpc) is 2.65. The van der Waals surface area contributed by atoms with Gasteiger partial charge in [-0.3, -0.25) is 0 Å². The van der Waals surface area contributed by atoms with Gasteiger partial charge in [0.1, 0.15) is 11.0 Å². The Bertz CT molecular complexity index is 587. The Balaban J connectivity index is 2.62. The zero-order valence-electron chi connectivity index (χ0n) is 11.5. The van der Waals surface area contributed by atoms with Gasteiger partial charge in [-0.25, -0.2) is 14.6 Å². The van der Waals surface area contributed by atoms with Crippen LogP contribution in [0.3, 0.4) is 0 Å². The Hall–Kier alpha value is -1.46. The monoisotopic (exact) mass is 280 g/mol. The maximum atomic E-state index is 9.45. The molecule has 5 nitrogen and oxygen atoms in total. The molecule has 0 aliphatic carbocycles. The third kappa shape index (κ3) is 2.62. The number of hydrogen-bond donors (Lipinski definition) is 1. The van der Waals surface area contributed by atoms with Crippen molar-refractivity contribution in [1.82, 2.24) is 19.7 Å². The normalized spacial score (nSPS) is 11.3. The minimum atomic E-state index is -0.130. The molecule has 0 atom stereocenters. The first kappa shape index (κ1) is 14.0. The van der Waals surface area contributed by atoms with E-state index in [1.807, 2.05) is 33.8 Å². The molecule has 2 rings (SSSR count). The topological polar surface area (TPSA) is 63.8 Å². The van der Waals surface area contributed by atoms with Crippen molar-refractivity contribution in [3.63, 3.8) is 0 Å². The largest absolute Gasteiger partial charge is 0.391 e. The van der Waals surface area contributed by atoms with Gasteiger partial charge in [-0.1, -0.05) is 25.4 Å². The van der Waals surface area contributed by atoms with Gasteiger partial charge in [0.05, 0.1) is 12.3 Å². The van der Waals surface area contributed by atoms with Gasteiger partial charge in [0, 0.05) is 17.3 Å². The van der Waals surface area contributed by atoms with Crippen LogP contribution >= 0.6 is 11.6 Å². The van der Waals surface area contributed by atoms with E-state index in [0.29, 0.717) is 22.4 Å². The molecular formula is C13H17ClN4O. The van der Waals surface area contributed by atoms with Crippen LogP contribution in [0, 0.1) is 13.8 Å². The zero-order chi connectivity index (χ0) is 14.2. The van der Waals surface area contributed by atoms with Crippen LogP contribution < -0.4 is 0 Å². The molecule has 0 spiro atoms. The molecule has 0 amide bonds. The predicted octanol–water partition coefficient (Wildman–Crippen LogP) is 2.55. The number of aromatic nitrogens is 4. The molecular weight excluding hydrogens is 264 g/mol. The van der Waals surface area contributed by atoms with E-state index >= 15 is 0 Å². The first-order valence-electron chi connectivity index (χ1n) is 6.14. The van der Waals surface area contributed by atoms with E-state index in [-0.39, 0.29) is 12.5 Å². The molecule has 0 aromatic carbocycles. The van der Waals surface area contributed by atoms with Gasteiger partial charge in [0.15, 0.2) is 5.82 Å². The van der Waals surface area contributed by atoms with E-state index in [4.69, 9.17) is 11.6 Å². The summed E-state index contributed by atoms with van der Waals surface area (Å²) < 4.78 is 1.56. The summed E-state index contributed by atoms with van der Waals surface area (Å²) in [6.45, 7) is 7.61. The fraction of sp³-hybridized carbons (Fsp3) is 0.462. The van der Waals surface area contributed by atoms with Crippen LogP contribution in [0.25, 0.3) is 5.82 Å². The molecule has 0 aliphatic heterocycles. The lowest BCUT2D eigenvalue weighted by Crippen LogP contribution is -2.04. The second-order valence-corrected chi connectivity index (χ2v) is 5.15. The van der Waals surface area contributed by atoms with Crippen LogP contribution in [0.15, 0.2) is 6.07 Å². The zero-order valence-corrected chi connectivity index (χ0v) is 12.2. The Kier molecular flexibility index (Phi) is 3.87. The van der Waals surface area contributed by atoms with Gasteiger partial charge in [-0.05, 0) is 19.8 Å². The second-order valence-electron chi connectivity index (χ2n) is 4.79. The highest BCUT2D eigenvalue weighted by Gasteiger charge is 2.19. The van der Waals surface area contributed by atoms with Crippen LogP contribution in [-0.4, -0.2) is 24.9 Å². The Morgan fingerprint density at radius 3 is 2.47 bits per heavy atom. The van der Waals surface area contributed by atoms with Crippen molar-refractivity contribution in [2.75, 3.05) is 0 Å². The Labute approximate surface area is 117 Å². The van der Waals surface area contributed by atoms with Crippen molar-refractivity contribution < 1.29 is 5.11 Å². The molecule has 2 aromatic heterocycles. The van der Waals surface area contributed by atoms with Gasteiger partial charge in [0.25, 0.3) is 0 Å². The van der Waals surface area contributed by atoms with Crippen molar-refractivity contribution in [3.8, 4) is 5.82 Å².